The lowest BCUT2D eigenvalue weighted by atomic mass is 9.64. The molecule has 1 aromatic heterocycles. The van der Waals surface area contributed by atoms with Crippen molar-refractivity contribution in [3.8, 4) is 0 Å². The van der Waals surface area contributed by atoms with Crippen LogP contribution >= 0.6 is 0 Å². The topological polar surface area (TPSA) is 3.88 Å². The molecular weight excluding hydrogens is 406 g/mol. The highest BCUT2D eigenvalue weighted by Crippen LogP contribution is 2.58. The quantitative estimate of drug-likeness (QED) is 0.395. The van der Waals surface area contributed by atoms with E-state index in [4.69, 9.17) is 0 Å². The molecule has 0 saturated heterocycles. The molecule has 2 aliphatic rings. The van der Waals surface area contributed by atoms with Crippen LogP contribution < -0.4 is 21.5 Å². The van der Waals surface area contributed by atoms with Gasteiger partial charge in [0.05, 0.1) is 0 Å². The predicted molar refractivity (Wildman–Crippen MR) is 115 cm³/mol. The van der Waals surface area contributed by atoms with Crippen molar-refractivity contribution >= 4 is 0 Å². The minimum Gasteiger partial charge on any atom is -1.00 e. The van der Waals surface area contributed by atoms with E-state index in [0.29, 0.717) is 5.41 Å². The summed E-state index contributed by atoms with van der Waals surface area (Å²) in [7, 11) is 0. The third-order valence-corrected chi connectivity index (χ3v) is 7.61. The molecule has 1 saturated carbocycles. The summed E-state index contributed by atoms with van der Waals surface area (Å²) >= 11 is 0. The van der Waals surface area contributed by atoms with Crippen LogP contribution in [0.5, 0.6) is 0 Å². The van der Waals surface area contributed by atoms with Gasteiger partial charge in [0.2, 0.25) is 0 Å². The molecule has 0 unspecified atom stereocenters. The van der Waals surface area contributed by atoms with Gasteiger partial charge in [-0.15, -0.1) is 0 Å². The van der Waals surface area contributed by atoms with Crippen molar-refractivity contribution in [1.29, 1.82) is 0 Å². The van der Waals surface area contributed by atoms with Crippen LogP contribution in [0.1, 0.15) is 91.9 Å². The van der Waals surface area contributed by atoms with Crippen molar-refractivity contribution in [3.05, 3.63) is 41.7 Å². The molecule has 3 rings (SSSR count). The summed E-state index contributed by atoms with van der Waals surface area (Å²) in [4.78, 5) is 0. The van der Waals surface area contributed by atoms with E-state index in [9.17, 15) is 0 Å². The van der Waals surface area contributed by atoms with Crippen LogP contribution in [0.2, 0.25) is 0 Å². The molecule has 0 radical (unpaired) electrons. The molecule has 28 heavy (non-hydrogen) atoms. The lowest BCUT2D eigenvalue weighted by molar-refractivity contribution is -0.697. The van der Waals surface area contributed by atoms with Gasteiger partial charge in [-0.05, 0) is 61.7 Å². The average Bonchev–Trinajstić information content (AvgIpc) is 3.00. The first-order valence-corrected chi connectivity index (χ1v) is 11.7. The van der Waals surface area contributed by atoms with Gasteiger partial charge in [0.15, 0.2) is 12.4 Å². The molecule has 0 aliphatic heterocycles. The Bertz CT molecular complexity index is 621. The van der Waals surface area contributed by atoms with E-state index in [1.165, 1.54) is 64.2 Å². The summed E-state index contributed by atoms with van der Waals surface area (Å²) in [6.45, 7) is 11.1. The van der Waals surface area contributed by atoms with Crippen molar-refractivity contribution in [1.82, 2.24) is 0 Å². The third kappa shape index (κ3) is 5.71. The van der Waals surface area contributed by atoms with Crippen LogP contribution in [0.25, 0.3) is 0 Å². The van der Waals surface area contributed by atoms with E-state index >= 15 is 0 Å². The Labute approximate surface area is 184 Å². The smallest absolute Gasteiger partial charge is 0.168 e. The van der Waals surface area contributed by atoms with Gasteiger partial charge in [-0.25, -0.2) is 4.57 Å². The van der Waals surface area contributed by atoms with Crippen LogP contribution in [0.15, 0.2) is 41.7 Å². The average molecular weight is 449 g/mol. The van der Waals surface area contributed by atoms with Crippen LogP contribution in [-0.2, 0) is 6.54 Å². The van der Waals surface area contributed by atoms with E-state index in [0.717, 1.165) is 24.3 Å². The highest BCUT2D eigenvalue weighted by atomic mass is 79.9. The molecule has 0 N–H and O–H groups in total. The number of allylic oxidation sites excluding steroid dienone is 2. The lowest BCUT2D eigenvalue weighted by Gasteiger charge is -2.41. The Balaban J connectivity index is 0.00000280. The Morgan fingerprint density at radius 3 is 2.50 bits per heavy atom. The molecule has 3 atom stereocenters. The van der Waals surface area contributed by atoms with Gasteiger partial charge in [-0.3, -0.25) is 0 Å². The number of hydrogen-bond donors (Lipinski definition) is 0. The minimum atomic E-state index is 0. The van der Waals surface area contributed by atoms with E-state index in [-0.39, 0.29) is 17.0 Å². The molecule has 0 amide bonds. The fourth-order valence-corrected chi connectivity index (χ4v) is 6.16. The van der Waals surface area contributed by atoms with Crippen molar-refractivity contribution in [2.75, 3.05) is 0 Å². The van der Waals surface area contributed by atoms with Gasteiger partial charge in [0.1, 0.15) is 6.54 Å². The summed E-state index contributed by atoms with van der Waals surface area (Å²) in [5.74, 6) is 2.68. The number of aryl methyl sites for hydroxylation is 1. The normalized spacial score (nSPS) is 25.5. The number of rotatable bonds is 9. The molecular formula is C26H42BrN. The number of nitrogens with zero attached hydrogens (tertiary/aromatic N) is 1. The zero-order chi connectivity index (χ0) is 19.3. The minimum absolute atomic E-state index is 0. The molecule has 1 aromatic rings. The maximum Gasteiger partial charge on any atom is 0.168 e. The van der Waals surface area contributed by atoms with Gasteiger partial charge >= 0.3 is 0 Å². The Hall–Kier alpha value is -0.630. The summed E-state index contributed by atoms with van der Waals surface area (Å²) in [6, 6.07) is 6.39. The summed E-state index contributed by atoms with van der Waals surface area (Å²) in [5.41, 5.74) is 4.26. The number of hydrogen-bond acceptors (Lipinski definition) is 0. The van der Waals surface area contributed by atoms with E-state index in [1.54, 1.807) is 0 Å². The largest absolute Gasteiger partial charge is 1.00 e. The summed E-state index contributed by atoms with van der Waals surface area (Å²) in [6.07, 6.45) is 18.4. The molecule has 0 aromatic carbocycles. The second-order valence-corrected chi connectivity index (χ2v) is 10.0. The first-order chi connectivity index (χ1) is 13.0. The van der Waals surface area contributed by atoms with Crippen molar-refractivity contribution < 1.29 is 21.5 Å². The molecule has 158 valence electrons. The molecule has 0 spiro atoms. The van der Waals surface area contributed by atoms with Crippen LogP contribution in [0.3, 0.4) is 0 Å². The zero-order valence-corrected chi connectivity index (χ0v) is 20.3. The fourth-order valence-electron chi connectivity index (χ4n) is 6.16. The number of halogens is 1. The van der Waals surface area contributed by atoms with Gasteiger partial charge in [-0.1, -0.05) is 64.2 Å². The van der Waals surface area contributed by atoms with Crippen molar-refractivity contribution in [3.63, 3.8) is 0 Å². The van der Waals surface area contributed by atoms with E-state index < -0.39 is 0 Å². The molecule has 1 fully saturated rings. The molecule has 1 heterocycles. The third-order valence-electron chi connectivity index (χ3n) is 7.61. The Kier molecular flexibility index (Phi) is 9.25. The van der Waals surface area contributed by atoms with Gasteiger partial charge in [-0.2, -0.15) is 0 Å². The van der Waals surface area contributed by atoms with E-state index in [2.05, 4.69) is 62.9 Å². The Morgan fingerprint density at radius 2 is 1.79 bits per heavy atom. The standard InChI is InChI=1S/C26H42N.BrH/c1-21(2)11-8-12-22(3)24-15-16-25-23(13-9-17-26(24,25)4)14-10-20-27-18-6-5-7-19-27;/h5-7,18-19,21-22,24H,8-17,20H2,1-4H3;1H/q+1;/p-1/t22-,24-,26-;/m1./s1. The molecule has 2 heteroatoms. The Morgan fingerprint density at radius 1 is 1.04 bits per heavy atom. The molecule has 2 aliphatic carbocycles. The fraction of sp³-hybridized carbons (Fsp3) is 0.731. The van der Waals surface area contributed by atoms with Gasteiger partial charge in [0, 0.05) is 18.6 Å². The lowest BCUT2D eigenvalue weighted by Crippen LogP contribution is -3.00. The van der Waals surface area contributed by atoms with Crippen LogP contribution in [-0.4, -0.2) is 0 Å². The maximum atomic E-state index is 2.63. The van der Waals surface area contributed by atoms with Crippen LogP contribution in [0.4, 0.5) is 0 Å². The van der Waals surface area contributed by atoms with Crippen LogP contribution in [0, 0.1) is 23.2 Å². The SMILES string of the molecule is CC(C)CCC[C@@H](C)[C@H]1CCC2=C(CCC[n+]3ccccc3)CCC[C@@]21C.[Br-]. The van der Waals surface area contributed by atoms with E-state index in [1.807, 2.05) is 11.1 Å². The zero-order valence-electron chi connectivity index (χ0n) is 18.7. The summed E-state index contributed by atoms with van der Waals surface area (Å²) < 4.78 is 2.33. The molecule has 0 bridgehead atoms. The second-order valence-electron chi connectivity index (χ2n) is 10.0. The molecule has 1 nitrogen and oxygen atoms in total. The number of fused-ring (bicyclic) bond motifs is 1. The van der Waals surface area contributed by atoms with Crippen molar-refractivity contribution in [2.45, 2.75) is 98.4 Å². The first-order valence-electron chi connectivity index (χ1n) is 11.7. The maximum absolute atomic E-state index is 2.63. The second kappa shape index (κ2) is 11.0. The monoisotopic (exact) mass is 447 g/mol. The van der Waals surface area contributed by atoms with Crippen molar-refractivity contribution in [2.24, 2.45) is 23.2 Å². The van der Waals surface area contributed by atoms with Gasteiger partial charge in [0.25, 0.3) is 0 Å². The van der Waals surface area contributed by atoms with Gasteiger partial charge < -0.3 is 17.0 Å². The first kappa shape index (κ1) is 23.6. The highest BCUT2D eigenvalue weighted by Gasteiger charge is 2.46. The highest BCUT2D eigenvalue weighted by molar-refractivity contribution is 5.29. The summed E-state index contributed by atoms with van der Waals surface area (Å²) in [5, 5.41) is 0. The predicted octanol–water partition coefficient (Wildman–Crippen LogP) is 4.12. The number of aromatic nitrogens is 1. The number of pyridine rings is 1.